The SMILES string of the molecule is CC(C)c1ccccc1-c1ncc2c(n1)N(CC1(F)CCN(C(=O)OC(C)(C)C)CC1)C(=O)C2. The van der Waals surface area contributed by atoms with E-state index in [1.54, 1.807) is 27.0 Å². The van der Waals surface area contributed by atoms with E-state index in [1.165, 1.54) is 9.80 Å². The fourth-order valence-electron chi connectivity index (χ4n) is 4.49. The molecule has 2 aromatic rings. The smallest absolute Gasteiger partial charge is 0.410 e. The molecule has 0 bridgehead atoms. The number of benzene rings is 1. The third kappa shape index (κ3) is 5.05. The number of piperidine rings is 1. The summed E-state index contributed by atoms with van der Waals surface area (Å²) in [6.07, 6.45) is 1.70. The van der Waals surface area contributed by atoms with E-state index >= 15 is 4.39 Å². The summed E-state index contributed by atoms with van der Waals surface area (Å²) in [6, 6.07) is 7.95. The van der Waals surface area contributed by atoms with Crippen molar-refractivity contribution >= 4 is 17.8 Å². The quantitative estimate of drug-likeness (QED) is 0.638. The first-order valence-electron chi connectivity index (χ1n) is 11.9. The van der Waals surface area contributed by atoms with Crippen molar-refractivity contribution in [3.63, 3.8) is 0 Å². The largest absolute Gasteiger partial charge is 0.444 e. The van der Waals surface area contributed by atoms with Gasteiger partial charge in [0.25, 0.3) is 0 Å². The van der Waals surface area contributed by atoms with E-state index < -0.39 is 17.4 Å². The van der Waals surface area contributed by atoms with Crippen LogP contribution in [0.15, 0.2) is 30.5 Å². The van der Waals surface area contributed by atoms with Crippen LogP contribution in [0.25, 0.3) is 11.4 Å². The van der Waals surface area contributed by atoms with E-state index in [0.717, 1.165) is 11.1 Å². The van der Waals surface area contributed by atoms with Gasteiger partial charge in [-0.2, -0.15) is 0 Å². The number of anilines is 1. The lowest BCUT2D eigenvalue weighted by molar-refractivity contribution is -0.118. The molecule has 8 heteroatoms. The number of likely N-dealkylation sites (tertiary alicyclic amines) is 1. The van der Waals surface area contributed by atoms with Crippen molar-refractivity contribution in [2.24, 2.45) is 0 Å². The lowest BCUT2D eigenvalue weighted by Gasteiger charge is -2.38. The lowest BCUT2D eigenvalue weighted by atomic mass is 9.93. The second-order valence-corrected chi connectivity index (χ2v) is 10.6. The van der Waals surface area contributed by atoms with Crippen molar-refractivity contribution in [2.45, 2.75) is 71.1 Å². The predicted molar refractivity (Wildman–Crippen MR) is 128 cm³/mol. The van der Waals surface area contributed by atoms with E-state index in [0.29, 0.717) is 17.2 Å². The molecule has 0 aliphatic carbocycles. The number of halogens is 1. The molecule has 1 fully saturated rings. The van der Waals surface area contributed by atoms with Crippen LogP contribution < -0.4 is 4.90 Å². The minimum Gasteiger partial charge on any atom is -0.444 e. The number of rotatable bonds is 4. The molecule has 0 N–H and O–H groups in total. The molecule has 2 aliphatic rings. The van der Waals surface area contributed by atoms with Gasteiger partial charge in [0.2, 0.25) is 5.91 Å². The second-order valence-electron chi connectivity index (χ2n) is 10.6. The molecule has 34 heavy (non-hydrogen) atoms. The third-order valence-corrected chi connectivity index (χ3v) is 6.32. The van der Waals surface area contributed by atoms with E-state index in [2.05, 4.69) is 24.9 Å². The van der Waals surface area contributed by atoms with Gasteiger partial charge in [-0.15, -0.1) is 0 Å². The zero-order valence-corrected chi connectivity index (χ0v) is 20.6. The minimum absolute atomic E-state index is 0.0801. The van der Waals surface area contributed by atoms with E-state index in [1.807, 2.05) is 18.2 Å². The molecule has 182 valence electrons. The molecule has 7 nitrogen and oxygen atoms in total. The van der Waals surface area contributed by atoms with Gasteiger partial charge in [0.1, 0.15) is 17.1 Å². The fourth-order valence-corrected chi connectivity index (χ4v) is 4.49. The van der Waals surface area contributed by atoms with Crippen molar-refractivity contribution in [3.05, 3.63) is 41.6 Å². The summed E-state index contributed by atoms with van der Waals surface area (Å²) in [5, 5.41) is 0. The van der Waals surface area contributed by atoms with Crippen LogP contribution in [0.4, 0.5) is 15.0 Å². The molecular weight excluding hydrogens is 435 g/mol. The van der Waals surface area contributed by atoms with Crippen molar-refractivity contribution < 1.29 is 18.7 Å². The molecular formula is C26H33FN4O3. The molecule has 0 saturated carbocycles. The molecule has 0 spiro atoms. The van der Waals surface area contributed by atoms with Crippen molar-refractivity contribution in [3.8, 4) is 11.4 Å². The molecule has 0 atom stereocenters. The van der Waals surface area contributed by atoms with Crippen molar-refractivity contribution in [1.29, 1.82) is 0 Å². The van der Waals surface area contributed by atoms with E-state index in [4.69, 9.17) is 9.72 Å². The minimum atomic E-state index is -1.60. The van der Waals surface area contributed by atoms with Gasteiger partial charge in [-0.3, -0.25) is 9.69 Å². The van der Waals surface area contributed by atoms with Crippen LogP contribution in [0.2, 0.25) is 0 Å². The highest BCUT2D eigenvalue weighted by molar-refractivity contribution is 6.00. The third-order valence-electron chi connectivity index (χ3n) is 6.32. The summed E-state index contributed by atoms with van der Waals surface area (Å²) in [5.74, 6) is 1.14. The average molecular weight is 469 g/mol. The van der Waals surface area contributed by atoms with Crippen LogP contribution in [0.5, 0.6) is 0 Å². The number of ether oxygens (including phenoxy) is 1. The van der Waals surface area contributed by atoms with Crippen LogP contribution >= 0.6 is 0 Å². The molecule has 4 rings (SSSR count). The molecule has 1 aromatic heterocycles. The van der Waals surface area contributed by atoms with Crippen LogP contribution in [-0.2, 0) is 16.0 Å². The van der Waals surface area contributed by atoms with Crippen LogP contribution in [0, 0.1) is 0 Å². The number of carbonyl (C=O) groups is 2. The van der Waals surface area contributed by atoms with E-state index in [9.17, 15) is 9.59 Å². The normalized spacial score (nSPS) is 17.8. The number of amides is 2. The Morgan fingerprint density at radius 2 is 1.88 bits per heavy atom. The Labute approximate surface area is 200 Å². The monoisotopic (exact) mass is 468 g/mol. The van der Waals surface area contributed by atoms with Gasteiger partial charge >= 0.3 is 6.09 Å². The Bertz CT molecular complexity index is 1090. The van der Waals surface area contributed by atoms with E-state index in [-0.39, 0.29) is 50.7 Å². The highest BCUT2D eigenvalue weighted by Gasteiger charge is 2.42. The van der Waals surface area contributed by atoms with Gasteiger partial charge in [0.15, 0.2) is 5.82 Å². The van der Waals surface area contributed by atoms with Crippen LogP contribution in [-0.4, -0.2) is 57.8 Å². The fraction of sp³-hybridized carbons (Fsp3) is 0.538. The van der Waals surface area contributed by atoms with Gasteiger partial charge in [0.05, 0.1) is 13.0 Å². The maximum Gasteiger partial charge on any atom is 0.410 e. The Balaban J connectivity index is 1.52. The first-order chi connectivity index (χ1) is 16.0. The standard InChI is InChI=1S/C26H33FN4O3/c1-17(2)19-8-6-7-9-20(19)22-28-15-18-14-21(32)31(23(18)29-22)16-26(27)10-12-30(13-11-26)24(33)34-25(3,4)5/h6-9,15,17H,10-14,16H2,1-5H3. The van der Waals surface area contributed by atoms with Gasteiger partial charge in [-0.1, -0.05) is 38.1 Å². The Morgan fingerprint density at radius 1 is 1.21 bits per heavy atom. The lowest BCUT2D eigenvalue weighted by Crippen LogP contribution is -2.51. The average Bonchev–Trinajstić information content (AvgIpc) is 3.07. The number of nitrogens with zero attached hydrogens (tertiary/aromatic N) is 4. The van der Waals surface area contributed by atoms with Crippen molar-refractivity contribution in [2.75, 3.05) is 24.5 Å². The Morgan fingerprint density at radius 3 is 2.53 bits per heavy atom. The number of aromatic nitrogens is 2. The topological polar surface area (TPSA) is 75.6 Å². The maximum atomic E-state index is 15.8. The summed E-state index contributed by atoms with van der Waals surface area (Å²) in [6.45, 7) is 10.1. The molecule has 0 unspecified atom stereocenters. The van der Waals surface area contributed by atoms with Crippen molar-refractivity contribution in [1.82, 2.24) is 14.9 Å². The number of hydrogen-bond donors (Lipinski definition) is 0. The van der Waals surface area contributed by atoms with Gasteiger partial charge in [-0.25, -0.2) is 19.2 Å². The summed E-state index contributed by atoms with van der Waals surface area (Å²) in [4.78, 5) is 37.4. The molecule has 2 amide bonds. The number of alkyl halides is 1. The Kier molecular flexibility index (Phi) is 6.36. The summed E-state index contributed by atoms with van der Waals surface area (Å²) < 4.78 is 21.3. The maximum absolute atomic E-state index is 15.8. The summed E-state index contributed by atoms with van der Waals surface area (Å²) >= 11 is 0. The van der Waals surface area contributed by atoms with Gasteiger partial charge in [0, 0.05) is 43.3 Å². The Hall–Kier alpha value is -3.03. The number of carbonyl (C=O) groups excluding carboxylic acids is 2. The predicted octanol–water partition coefficient (Wildman–Crippen LogP) is 4.90. The van der Waals surface area contributed by atoms with Crippen LogP contribution in [0.1, 0.15) is 64.5 Å². The van der Waals surface area contributed by atoms with Gasteiger partial charge in [-0.05, 0) is 32.3 Å². The first kappa shape index (κ1) is 24.1. The molecule has 2 aliphatic heterocycles. The number of hydrogen-bond acceptors (Lipinski definition) is 5. The molecule has 1 saturated heterocycles. The zero-order valence-electron chi connectivity index (χ0n) is 20.6. The first-order valence-corrected chi connectivity index (χ1v) is 11.9. The highest BCUT2D eigenvalue weighted by Crippen LogP contribution is 2.35. The summed E-state index contributed by atoms with van der Waals surface area (Å²) in [5.41, 5.74) is 0.551. The van der Waals surface area contributed by atoms with Gasteiger partial charge < -0.3 is 9.64 Å². The highest BCUT2D eigenvalue weighted by atomic mass is 19.1. The molecule has 0 radical (unpaired) electrons. The second kappa shape index (κ2) is 8.96. The molecule has 3 heterocycles. The molecule has 1 aromatic carbocycles. The van der Waals surface area contributed by atoms with Crippen LogP contribution in [0.3, 0.4) is 0 Å². The number of fused-ring (bicyclic) bond motifs is 1. The summed E-state index contributed by atoms with van der Waals surface area (Å²) in [7, 11) is 0. The zero-order chi connectivity index (χ0) is 24.7.